The molecule has 1 atom stereocenters. The number of hydrogen-bond acceptors (Lipinski definition) is 5. The molecule has 3 heterocycles. The van der Waals surface area contributed by atoms with E-state index >= 15 is 0 Å². The van der Waals surface area contributed by atoms with E-state index in [9.17, 15) is 5.11 Å². The number of rotatable bonds is 5. The van der Waals surface area contributed by atoms with Crippen LogP contribution in [-0.4, -0.2) is 30.7 Å². The Balaban J connectivity index is 1.80. The number of furan rings is 1. The maximum absolute atomic E-state index is 9.84. The minimum atomic E-state index is -0.237. The zero-order valence-corrected chi connectivity index (χ0v) is 15.5. The molecule has 0 spiro atoms. The van der Waals surface area contributed by atoms with Crippen molar-refractivity contribution in [2.75, 3.05) is 26.4 Å². The molecule has 0 unspecified atom stereocenters. The minimum Gasteiger partial charge on any atom is -0.508 e. The first-order valence-corrected chi connectivity index (χ1v) is 9.05. The van der Waals surface area contributed by atoms with Crippen molar-refractivity contribution in [3.05, 3.63) is 59.8 Å². The van der Waals surface area contributed by atoms with Crippen molar-refractivity contribution < 1.29 is 23.7 Å². The molecule has 140 valence electrons. The molecule has 1 aliphatic rings. The number of benzene rings is 1. The van der Waals surface area contributed by atoms with Gasteiger partial charge in [-0.25, -0.2) is 4.57 Å². The smallest absolute Gasteiger partial charge is 0.306 e. The van der Waals surface area contributed by atoms with E-state index in [0.29, 0.717) is 17.4 Å². The molecule has 0 aliphatic carbocycles. The van der Waals surface area contributed by atoms with Crippen LogP contribution in [0.4, 0.5) is 5.82 Å². The van der Waals surface area contributed by atoms with Crippen LogP contribution in [0, 0.1) is 0 Å². The van der Waals surface area contributed by atoms with E-state index in [4.69, 9.17) is 14.9 Å². The van der Waals surface area contributed by atoms with Crippen LogP contribution in [0.1, 0.15) is 29.2 Å². The van der Waals surface area contributed by atoms with Crippen LogP contribution in [0.25, 0.3) is 0 Å². The highest BCUT2D eigenvalue weighted by atomic mass is 16.5. The van der Waals surface area contributed by atoms with Crippen LogP contribution >= 0.6 is 0 Å². The molecule has 4 N–H and O–H groups in total. The lowest BCUT2D eigenvalue weighted by molar-refractivity contribution is -0.861. The lowest BCUT2D eigenvalue weighted by Gasteiger charge is -2.25. The molecule has 7 nitrogen and oxygen atoms in total. The number of nitrogens with zero attached hydrogens (tertiary/aromatic N) is 2. The first-order chi connectivity index (χ1) is 13.0. The van der Waals surface area contributed by atoms with E-state index < -0.39 is 0 Å². The van der Waals surface area contributed by atoms with Crippen LogP contribution in [0.3, 0.4) is 0 Å². The molecule has 0 bridgehead atoms. The molecule has 7 heteroatoms. The van der Waals surface area contributed by atoms with E-state index in [1.54, 1.807) is 24.7 Å². The normalized spacial score (nSPS) is 15.3. The number of anilines is 1. The Kier molecular flexibility index (Phi) is 4.45. The second kappa shape index (κ2) is 6.92. The molecule has 0 amide bonds. The number of hydrogen-bond donors (Lipinski definition) is 3. The van der Waals surface area contributed by atoms with Crippen molar-refractivity contribution in [3.63, 3.8) is 0 Å². The van der Waals surface area contributed by atoms with Gasteiger partial charge >= 0.3 is 5.88 Å². The molecule has 1 aliphatic heterocycles. The quantitative estimate of drug-likeness (QED) is 0.459. The fraction of sp³-hybridized carbons (Fsp3) is 0.300. The maximum atomic E-state index is 9.84. The molecule has 4 rings (SSSR count). The van der Waals surface area contributed by atoms with E-state index in [0.717, 1.165) is 36.4 Å². The lowest BCUT2D eigenvalue weighted by atomic mass is 9.87. The van der Waals surface area contributed by atoms with Gasteiger partial charge in [-0.2, -0.15) is 0 Å². The zero-order valence-electron chi connectivity index (χ0n) is 15.5. The van der Waals surface area contributed by atoms with Crippen molar-refractivity contribution in [2.45, 2.75) is 18.9 Å². The average molecular weight is 368 g/mol. The molecule has 0 radical (unpaired) electrons. The predicted molar refractivity (Wildman–Crippen MR) is 99.0 cm³/mol. The average Bonchev–Trinajstić information content (AvgIpc) is 3.16. The van der Waals surface area contributed by atoms with Gasteiger partial charge in [0.1, 0.15) is 22.8 Å². The number of aromatic nitrogens is 2. The standard InChI is InChI=1S/C20H22N4O3/c1-23(2)8-4-9-24-12-22-20-18(19(24)21)17(15-5-3-10-26-15)14-7-6-13(25)11-16(14)27-20/h3,5-7,10-12,17,21,25H,4,8-9H2,1-2H3/p+2/t17-/m0/s1. The highest BCUT2D eigenvalue weighted by molar-refractivity contribution is 5.60. The maximum Gasteiger partial charge on any atom is 0.306 e. The summed E-state index contributed by atoms with van der Waals surface area (Å²) in [6.45, 7) is 1.83. The first-order valence-electron chi connectivity index (χ1n) is 9.05. The predicted octanol–water partition coefficient (Wildman–Crippen LogP) is 1.07. The number of nitrogen functional groups attached to an aromatic ring is 1. The van der Waals surface area contributed by atoms with Gasteiger partial charge in [-0.3, -0.25) is 0 Å². The number of nitrogens with two attached hydrogens (primary N) is 1. The van der Waals surface area contributed by atoms with Gasteiger partial charge in [0.2, 0.25) is 12.1 Å². The number of phenolic OH excluding ortho intramolecular Hbond substituents is 1. The summed E-state index contributed by atoms with van der Waals surface area (Å²) in [5.74, 6) is 2.29. The number of fused-ring (bicyclic) bond motifs is 2. The van der Waals surface area contributed by atoms with Gasteiger partial charge < -0.3 is 24.9 Å². The summed E-state index contributed by atoms with van der Waals surface area (Å²) in [6, 6.07) is 8.84. The summed E-state index contributed by atoms with van der Waals surface area (Å²) in [4.78, 5) is 5.89. The molecule has 3 aromatic rings. The summed E-state index contributed by atoms with van der Waals surface area (Å²) in [5, 5.41) is 9.84. The van der Waals surface area contributed by atoms with E-state index in [2.05, 4.69) is 19.1 Å². The van der Waals surface area contributed by atoms with Gasteiger partial charge in [0.05, 0.1) is 39.4 Å². The SMILES string of the molecule is C[NH+](C)CCC[n+]1cnc2c(c1N)[C@H](c1ccco1)c1ccc(O)cc1O2. The topological polar surface area (TPSA) is 89.8 Å². The number of aryl methyl sites for hydroxylation is 1. The van der Waals surface area contributed by atoms with Crippen molar-refractivity contribution in [2.24, 2.45) is 0 Å². The third kappa shape index (κ3) is 3.21. The van der Waals surface area contributed by atoms with Crippen molar-refractivity contribution in [1.29, 1.82) is 0 Å². The largest absolute Gasteiger partial charge is 0.508 e. The van der Waals surface area contributed by atoms with Gasteiger partial charge in [-0.05, 0) is 18.2 Å². The molecule has 2 aromatic heterocycles. The monoisotopic (exact) mass is 368 g/mol. The van der Waals surface area contributed by atoms with Crippen LogP contribution in [-0.2, 0) is 6.54 Å². The summed E-state index contributed by atoms with van der Waals surface area (Å²) >= 11 is 0. The Bertz CT molecular complexity index is 954. The molecular formula is C20H24N4O3+2. The van der Waals surface area contributed by atoms with E-state index in [1.807, 2.05) is 22.8 Å². The summed E-state index contributed by atoms with van der Waals surface area (Å²) in [5.41, 5.74) is 8.23. The summed E-state index contributed by atoms with van der Waals surface area (Å²) in [7, 11) is 4.26. The van der Waals surface area contributed by atoms with Gasteiger partial charge in [0.15, 0.2) is 0 Å². The second-order valence-corrected chi connectivity index (χ2v) is 7.13. The molecule has 0 saturated heterocycles. The summed E-state index contributed by atoms with van der Waals surface area (Å²) in [6.07, 6.45) is 4.35. The highest BCUT2D eigenvalue weighted by Gasteiger charge is 2.37. The lowest BCUT2D eigenvalue weighted by Crippen LogP contribution is -3.05. The first kappa shape index (κ1) is 17.4. The molecule has 0 fully saturated rings. The number of aromatic hydroxyl groups is 1. The molecule has 27 heavy (non-hydrogen) atoms. The molecule has 1 aromatic carbocycles. The van der Waals surface area contributed by atoms with Gasteiger partial charge in [-0.15, -0.1) is 0 Å². The van der Waals surface area contributed by atoms with Gasteiger partial charge in [0, 0.05) is 18.1 Å². The van der Waals surface area contributed by atoms with Crippen molar-refractivity contribution in [1.82, 2.24) is 4.98 Å². The van der Waals surface area contributed by atoms with Crippen LogP contribution in [0.2, 0.25) is 0 Å². The van der Waals surface area contributed by atoms with Gasteiger partial charge in [0.25, 0.3) is 0 Å². The van der Waals surface area contributed by atoms with E-state index in [-0.39, 0.29) is 11.7 Å². The van der Waals surface area contributed by atoms with Gasteiger partial charge in [-0.1, -0.05) is 11.1 Å². The summed E-state index contributed by atoms with van der Waals surface area (Å²) < 4.78 is 13.6. The second-order valence-electron chi connectivity index (χ2n) is 7.13. The van der Waals surface area contributed by atoms with E-state index in [1.165, 1.54) is 4.90 Å². The Hall–Kier alpha value is -3.06. The Morgan fingerprint density at radius 3 is 2.89 bits per heavy atom. The molecular weight excluding hydrogens is 344 g/mol. The van der Waals surface area contributed by atoms with Crippen molar-refractivity contribution >= 4 is 5.82 Å². The number of nitrogens with one attached hydrogen (secondary N) is 1. The Labute approximate surface area is 157 Å². The van der Waals surface area contributed by atoms with Crippen LogP contribution in [0.5, 0.6) is 17.4 Å². The third-order valence-electron chi connectivity index (χ3n) is 4.84. The van der Waals surface area contributed by atoms with Crippen LogP contribution < -0.4 is 19.9 Å². The zero-order chi connectivity index (χ0) is 19.0. The van der Waals surface area contributed by atoms with Crippen LogP contribution in [0.15, 0.2) is 47.3 Å². The molecule has 0 saturated carbocycles. The highest BCUT2D eigenvalue weighted by Crippen LogP contribution is 2.48. The number of phenols is 1. The minimum absolute atomic E-state index is 0.139. The third-order valence-corrected chi connectivity index (χ3v) is 4.84. The number of quaternary nitrogens is 1. The fourth-order valence-electron chi connectivity index (χ4n) is 3.51. The Morgan fingerprint density at radius 2 is 2.15 bits per heavy atom. The fourth-order valence-corrected chi connectivity index (χ4v) is 3.51. The Morgan fingerprint density at radius 1 is 1.30 bits per heavy atom. The van der Waals surface area contributed by atoms with Crippen molar-refractivity contribution in [3.8, 4) is 17.4 Å². The number of ether oxygens (including phenoxy) is 1.